The number of hydrogen-bond donors (Lipinski definition) is 0. The first-order valence-corrected chi connectivity index (χ1v) is 3.54. The van der Waals surface area contributed by atoms with Crippen LogP contribution in [0.5, 0.6) is 0 Å². The van der Waals surface area contributed by atoms with E-state index in [0.29, 0.717) is 0 Å². The van der Waals surface area contributed by atoms with Gasteiger partial charge in [0, 0.05) is 0 Å². The number of hydrogen-bond acceptors (Lipinski definition) is 0. The standard InChI is InChI=1S/C5H10.Zr/c1-3-5-4-2;/h3,5H2,1-2H3;/q;+2. The van der Waals surface area contributed by atoms with E-state index >= 15 is 0 Å². The molecule has 0 unspecified atom stereocenters. The molecule has 0 radical (unpaired) electrons. The second-order valence-electron chi connectivity index (χ2n) is 1.53. The SMILES string of the molecule is CCC[C](C)=[Zr+2]. The third-order valence-electron chi connectivity index (χ3n) is 0.625. The van der Waals surface area contributed by atoms with E-state index in [1.54, 1.807) is 27.4 Å². The van der Waals surface area contributed by atoms with Crippen LogP contribution in [-0.2, 0) is 24.2 Å². The Kier molecular flexibility index (Phi) is 4.42. The molecule has 0 bridgehead atoms. The van der Waals surface area contributed by atoms with Crippen LogP contribution in [0.25, 0.3) is 0 Å². The molecule has 0 aliphatic heterocycles. The van der Waals surface area contributed by atoms with Crippen molar-refractivity contribution in [2.75, 3.05) is 0 Å². The van der Waals surface area contributed by atoms with E-state index in [0.717, 1.165) is 0 Å². The van der Waals surface area contributed by atoms with Gasteiger partial charge in [0.05, 0.1) is 0 Å². The molecule has 0 heterocycles. The molecule has 0 aromatic heterocycles. The Labute approximate surface area is 54.3 Å². The first-order valence-electron chi connectivity index (χ1n) is 2.31. The zero-order chi connectivity index (χ0) is 4.99. The average molecular weight is 161 g/mol. The molecular weight excluding hydrogens is 151 g/mol. The molecule has 0 spiro atoms. The number of rotatable bonds is 2. The Morgan fingerprint density at radius 2 is 2.17 bits per heavy atom. The molecule has 0 rings (SSSR count). The van der Waals surface area contributed by atoms with Crippen molar-refractivity contribution < 1.29 is 24.2 Å². The summed E-state index contributed by atoms with van der Waals surface area (Å²) in [7, 11) is 0. The van der Waals surface area contributed by atoms with Crippen LogP contribution in [0.4, 0.5) is 0 Å². The first-order chi connectivity index (χ1) is 2.77. The Morgan fingerprint density at radius 1 is 1.67 bits per heavy atom. The molecule has 0 fully saturated rings. The molecule has 0 aromatic carbocycles. The summed E-state index contributed by atoms with van der Waals surface area (Å²) in [6.45, 7) is 4.43. The van der Waals surface area contributed by atoms with E-state index in [4.69, 9.17) is 0 Å². The molecule has 0 aromatic rings. The van der Waals surface area contributed by atoms with E-state index in [1.165, 1.54) is 12.8 Å². The summed E-state index contributed by atoms with van der Waals surface area (Å²) in [5, 5.41) is 0. The van der Waals surface area contributed by atoms with Gasteiger partial charge in [-0.3, -0.25) is 0 Å². The fourth-order valence-electron chi connectivity index (χ4n) is 0.375. The van der Waals surface area contributed by atoms with Crippen LogP contribution in [0, 0.1) is 0 Å². The summed E-state index contributed by atoms with van der Waals surface area (Å²) in [4.78, 5) is 0. The van der Waals surface area contributed by atoms with Crippen LogP contribution in [0.2, 0.25) is 0 Å². The third kappa shape index (κ3) is 4.75. The van der Waals surface area contributed by atoms with Gasteiger partial charge in [0.2, 0.25) is 0 Å². The van der Waals surface area contributed by atoms with Gasteiger partial charge in [-0.25, -0.2) is 0 Å². The molecule has 0 saturated heterocycles. The molecule has 0 nitrogen and oxygen atoms in total. The molecule has 0 atom stereocenters. The van der Waals surface area contributed by atoms with E-state index in [9.17, 15) is 0 Å². The van der Waals surface area contributed by atoms with Gasteiger partial charge in [-0.15, -0.1) is 0 Å². The van der Waals surface area contributed by atoms with Crippen molar-refractivity contribution in [2.45, 2.75) is 26.7 Å². The molecule has 0 N–H and O–H groups in total. The van der Waals surface area contributed by atoms with Gasteiger partial charge in [-0.2, -0.15) is 0 Å². The Hall–Kier alpha value is 0.753. The molecule has 0 amide bonds. The van der Waals surface area contributed by atoms with Crippen LogP contribution in [0.3, 0.4) is 0 Å². The normalized spacial score (nSPS) is 8.67. The minimum atomic E-state index is 1.32. The summed E-state index contributed by atoms with van der Waals surface area (Å²) >= 11 is 1.60. The van der Waals surface area contributed by atoms with Crippen molar-refractivity contribution >= 4 is 3.21 Å². The van der Waals surface area contributed by atoms with E-state index < -0.39 is 0 Å². The summed E-state index contributed by atoms with van der Waals surface area (Å²) < 4.78 is 1.63. The molecular formula is C5H10Zr+2. The second kappa shape index (κ2) is 3.93. The van der Waals surface area contributed by atoms with Crippen LogP contribution < -0.4 is 0 Å². The van der Waals surface area contributed by atoms with Gasteiger partial charge in [0.15, 0.2) is 0 Å². The topological polar surface area (TPSA) is 0 Å². The molecule has 6 heavy (non-hydrogen) atoms. The summed E-state index contributed by atoms with van der Waals surface area (Å²) in [6, 6.07) is 0. The molecule has 1 heteroatoms. The summed E-state index contributed by atoms with van der Waals surface area (Å²) in [6.07, 6.45) is 2.65. The van der Waals surface area contributed by atoms with Gasteiger partial charge in [-0.1, -0.05) is 0 Å². The van der Waals surface area contributed by atoms with E-state index in [-0.39, 0.29) is 0 Å². The summed E-state index contributed by atoms with van der Waals surface area (Å²) in [5.41, 5.74) is 0. The van der Waals surface area contributed by atoms with Crippen molar-refractivity contribution in [3.63, 3.8) is 0 Å². The zero-order valence-corrected chi connectivity index (χ0v) is 6.87. The van der Waals surface area contributed by atoms with Gasteiger partial charge in [0.25, 0.3) is 0 Å². The summed E-state index contributed by atoms with van der Waals surface area (Å²) in [5.74, 6) is 0. The Morgan fingerprint density at radius 3 is 2.17 bits per heavy atom. The Bertz CT molecular complexity index is 47.9. The van der Waals surface area contributed by atoms with Crippen molar-refractivity contribution in [3.05, 3.63) is 0 Å². The van der Waals surface area contributed by atoms with Crippen molar-refractivity contribution in [1.29, 1.82) is 0 Å². The van der Waals surface area contributed by atoms with Crippen LogP contribution >= 0.6 is 0 Å². The Balaban J connectivity index is 2.83. The predicted octanol–water partition coefficient (Wildman–Crippen LogP) is 1.53. The van der Waals surface area contributed by atoms with Gasteiger partial charge in [0.1, 0.15) is 0 Å². The monoisotopic (exact) mass is 160 g/mol. The minimum absolute atomic E-state index is 1.32. The van der Waals surface area contributed by atoms with Gasteiger partial charge >= 0.3 is 54.1 Å². The molecule has 0 saturated carbocycles. The predicted molar refractivity (Wildman–Crippen MR) is 25.6 cm³/mol. The van der Waals surface area contributed by atoms with Crippen LogP contribution in [0.15, 0.2) is 0 Å². The molecule has 0 aliphatic rings. The fourth-order valence-corrected chi connectivity index (χ4v) is 0.990. The maximum absolute atomic E-state index is 2.22. The molecule has 32 valence electrons. The average Bonchev–Trinajstić information content (AvgIpc) is 1.35. The fraction of sp³-hybridized carbons (Fsp3) is 0.800. The van der Waals surface area contributed by atoms with Crippen molar-refractivity contribution in [1.82, 2.24) is 0 Å². The zero-order valence-electron chi connectivity index (χ0n) is 4.41. The van der Waals surface area contributed by atoms with Crippen molar-refractivity contribution in [2.24, 2.45) is 0 Å². The van der Waals surface area contributed by atoms with Gasteiger partial charge < -0.3 is 0 Å². The first kappa shape index (κ1) is 6.75. The van der Waals surface area contributed by atoms with Crippen LogP contribution in [-0.4, -0.2) is 3.21 Å². The van der Waals surface area contributed by atoms with Crippen LogP contribution in [0.1, 0.15) is 26.7 Å². The second-order valence-corrected chi connectivity index (χ2v) is 3.63. The van der Waals surface area contributed by atoms with Crippen molar-refractivity contribution in [3.8, 4) is 0 Å². The third-order valence-corrected chi connectivity index (χ3v) is 1.24. The maximum atomic E-state index is 2.22. The van der Waals surface area contributed by atoms with E-state index in [2.05, 4.69) is 13.8 Å². The quantitative estimate of drug-likeness (QED) is 0.576. The van der Waals surface area contributed by atoms with Gasteiger partial charge in [-0.05, 0) is 0 Å². The van der Waals surface area contributed by atoms with E-state index in [1.807, 2.05) is 0 Å². The molecule has 0 aliphatic carbocycles.